The molecule has 0 bridgehead atoms. The lowest BCUT2D eigenvalue weighted by Crippen LogP contribution is -2.15. The second kappa shape index (κ2) is 5.91. The zero-order valence-corrected chi connectivity index (χ0v) is 13.1. The fraction of sp³-hybridized carbons (Fsp3) is 0.133. The summed E-state index contributed by atoms with van der Waals surface area (Å²) in [6.45, 7) is 0.533. The first-order chi connectivity index (χ1) is 9.78. The number of nitrogens with zero attached hydrogens (tertiary/aromatic N) is 1. The standard InChI is InChI=1S/C15H14BrN3S/c16-14-7-6-13(20-14)12-9-18-15(19-12)11(8-17)10-4-2-1-3-5-10/h1-7,9,11H,8,17H2,(H,18,19). The molecule has 20 heavy (non-hydrogen) atoms. The predicted octanol–water partition coefficient (Wildman–Crippen LogP) is 3.99. The number of aromatic nitrogens is 2. The molecule has 1 aromatic carbocycles. The molecule has 5 heteroatoms. The van der Waals surface area contributed by atoms with Crippen LogP contribution in [0, 0.1) is 0 Å². The van der Waals surface area contributed by atoms with Gasteiger partial charge in [-0.25, -0.2) is 4.98 Å². The van der Waals surface area contributed by atoms with E-state index in [1.807, 2.05) is 30.5 Å². The van der Waals surface area contributed by atoms with E-state index in [-0.39, 0.29) is 5.92 Å². The lowest BCUT2D eigenvalue weighted by atomic mass is 9.99. The first kappa shape index (κ1) is 13.5. The summed E-state index contributed by atoms with van der Waals surface area (Å²) in [4.78, 5) is 9.06. The van der Waals surface area contributed by atoms with Gasteiger partial charge in [0.05, 0.1) is 26.5 Å². The minimum atomic E-state index is 0.105. The zero-order valence-electron chi connectivity index (χ0n) is 10.7. The zero-order chi connectivity index (χ0) is 13.9. The smallest absolute Gasteiger partial charge is 0.115 e. The SMILES string of the molecule is NCC(c1ccccc1)c1ncc(-c2ccc(Br)s2)[nH]1. The molecule has 2 aromatic heterocycles. The molecule has 0 aliphatic carbocycles. The average molecular weight is 348 g/mol. The Labute approximate surface area is 130 Å². The highest BCUT2D eigenvalue weighted by molar-refractivity contribution is 9.11. The molecule has 0 aliphatic rings. The first-order valence-corrected chi connectivity index (χ1v) is 7.94. The largest absolute Gasteiger partial charge is 0.341 e. The minimum absolute atomic E-state index is 0.105. The van der Waals surface area contributed by atoms with Gasteiger partial charge >= 0.3 is 0 Å². The maximum atomic E-state index is 5.92. The summed E-state index contributed by atoms with van der Waals surface area (Å²) < 4.78 is 1.11. The topological polar surface area (TPSA) is 54.7 Å². The van der Waals surface area contributed by atoms with Gasteiger partial charge in [-0.15, -0.1) is 11.3 Å². The molecule has 1 unspecified atom stereocenters. The second-order valence-electron chi connectivity index (χ2n) is 4.48. The van der Waals surface area contributed by atoms with Crippen molar-refractivity contribution < 1.29 is 0 Å². The van der Waals surface area contributed by atoms with Gasteiger partial charge in [0, 0.05) is 6.54 Å². The Morgan fingerprint density at radius 3 is 2.65 bits per heavy atom. The van der Waals surface area contributed by atoms with Crippen molar-refractivity contribution in [2.24, 2.45) is 5.73 Å². The van der Waals surface area contributed by atoms with Gasteiger partial charge in [-0.3, -0.25) is 0 Å². The van der Waals surface area contributed by atoms with E-state index in [0.717, 1.165) is 15.3 Å². The highest BCUT2D eigenvalue weighted by Gasteiger charge is 2.16. The van der Waals surface area contributed by atoms with Gasteiger partial charge in [0.2, 0.25) is 0 Å². The van der Waals surface area contributed by atoms with E-state index >= 15 is 0 Å². The second-order valence-corrected chi connectivity index (χ2v) is 6.95. The van der Waals surface area contributed by atoms with Gasteiger partial charge in [0.25, 0.3) is 0 Å². The Bertz CT molecular complexity index is 690. The van der Waals surface area contributed by atoms with Crippen LogP contribution in [0.15, 0.2) is 52.4 Å². The number of H-pyrrole nitrogens is 1. The number of nitrogens with one attached hydrogen (secondary N) is 1. The molecule has 3 nitrogen and oxygen atoms in total. The summed E-state index contributed by atoms with van der Waals surface area (Å²) in [7, 11) is 0. The summed E-state index contributed by atoms with van der Waals surface area (Å²) in [6, 6.07) is 14.3. The fourth-order valence-corrected chi connectivity index (χ4v) is 3.54. The monoisotopic (exact) mass is 347 g/mol. The van der Waals surface area contributed by atoms with Crippen LogP contribution in [-0.4, -0.2) is 16.5 Å². The van der Waals surface area contributed by atoms with E-state index in [9.17, 15) is 0 Å². The van der Waals surface area contributed by atoms with E-state index in [1.165, 1.54) is 10.4 Å². The summed E-state index contributed by atoms with van der Waals surface area (Å²) >= 11 is 5.16. The number of nitrogens with two attached hydrogens (primary N) is 1. The molecule has 102 valence electrons. The molecule has 0 saturated heterocycles. The van der Waals surface area contributed by atoms with Crippen molar-refractivity contribution in [1.82, 2.24) is 9.97 Å². The number of hydrogen-bond acceptors (Lipinski definition) is 3. The van der Waals surface area contributed by atoms with E-state index in [2.05, 4.69) is 44.1 Å². The predicted molar refractivity (Wildman–Crippen MR) is 86.9 cm³/mol. The van der Waals surface area contributed by atoms with Crippen LogP contribution in [-0.2, 0) is 0 Å². The van der Waals surface area contributed by atoms with E-state index in [1.54, 1.807) is 11.3 Å². The third-order valence-electron chi connectivity index (χ3n) is 3.20. The molecule has 3 N–H and O–H groups in total. The van der Waals surface area contributed by atoms with E-state index in [0.29, 0.717) is 6.54 Å². The van der Waals surface area contributed by atoms with Crippen molar-refractivity contribution in [3.63, 3.8) is 0 Å². The highest BCUT2D eigenvalue weighted by Crippen LogP contribution is 2.31. The molecule has 3 aromatic rings. The maximum absolute atomic E-state index is 5.92. The summed E-state index contributed by atoms with van der Waals surface area (Å²) in [5.74, 6) is 1.02. The quantitative estimate of drug-likeness (QED) is 0.749. The lowest BCUT2D eigenvalue weighted by Gasteiger charge is -2.12. The highest BCUT2D eigenvalue weighted by atomic mass is 79.9. The van der Waals surface area contributed by atoms with Crippen molar-refractivity contribution in [1.29, 1.82) is 0 Å². The van der Waals surface area contributed by atoms with Crippen LogP contribution in [0.25, 0.3) is 10.6 Å². The van der Waals surface area contributed by atoms with Crippen LogP contribution in [0.5, 0.6) is 0 Å². The molecule has 2 heterocycles. The molecule has 0 radical (unpaired) electrons. The Balaban J connectivity index is 1.92. The summed E-state index contributed by atoms with van der Waals surface area (Å²) in [6.07, 6.45) is 1.87. The van der Waals surface area contributed by atoms with Crippen LogP contribution in [0.1, 0.15) is 17.3 Å². The number of imidazole rings is 1. The van der Waals surface area contributed by atoms with E-state index in [4.69, 9.17) is 5.73 Å². The first-order valence-electron chi connectivity index (χ1n) is 6.33. The van der Waals surface area contributed by atoms with Gasteiger partial charge in [-0.1, -0.05) is 30.3 Å². The van der Waals surface area contributed by atoms with E-state index < -0.39 is 0 Å². The molecule has 0 saturated carbocycles. The third-order valence-corrected chi connectivity index (χ3v) is 4.86. The van der Waals surface area contributed by atoms with Crippen LogP contribution < -0.4 is 5.73 Å². The Morgan fingerprint density at radius 1 is 1.20 bits per heavy atom. The number of halogens is 1. The molecule has 0 spiro atoms. The van der Waals surface area contributed by atoms with Crippen molar-refractivity contribution in [3.05, 3.63) is 63.8 Å². The van der Waals surface area contributed by atoms with Gasteiger partial charge in [0.1, 0.15) is 5.82 Å². The van der Waals surface area contributed by atoms with Crippen LogP contribution in [0.4, 0.5) is 0 Å². The number of benzene rings is 1. The van der Waals surface area contributed by atoms with Crippen LogP contribution >= 0.6 is 27.3 Å². The number of aromatic amines is 1. The Hall–Kier alpha value is -1.43. The fourth-order valence-electron chi connectivity index (χ4n) is 2.19. The Kier molecular flexibility index (Phi) is 4.00. The number of rotatable bonds is 4. The molecule has 1 atom stereocenters. The molecular weight excluding hydrogens is 334 g/mol. The van der Waals surface area contributed by atoms with Crippen LogP contribution in [0.2, 0.25) is 0 Å². The molecule has 0 amide bonds. The average Bonchev–Trinajstić information content (AvgIpc) is 3.10. The minimum Gasteiger partial charge on any atom is -0.341 e. The maximum Gasteiger partial charge on any atom is 0.115 e. The van der Waals surface area contributed by atoms with Crippen molar-refractivity contribution in [2.45, 2.75) is 5.92 Å². The summed E-state index contributed by atoms with van der Waals surface area (Å²) in [5, 5.41) is 0. The Morgan fingerprint density at radius 2 is 2.00 bits per heavy atom. The van der Waals surface area contributed by atoms with Gasteiger partial charge in [-0.2, -0.15) is 0 Å². The van der Waals surface area contributed by atoms with Gasteiger partial charge in [0.15, 0.2) is 0 Å². The summed E-state index contributed by atoms with van der Waals surface area (Å²) in [5.41, 5.74) is 8.14. The third kappa shape index (κ3) is 2.70. The lowest BCUT2D eigenvalue weighted by molar-refractivity contribution is 0.765. The van der Waals surface area contributed by atoms with Gasteiger partial charge < -0.3 is 10.7 Å². The van der Waals surface area contributed by atoms with Crippen molar-refractivity contribution in [2.75, 3.05) is 6.54 Å². The molecule has 0 fully saturated rings. The molecular formula is C15H14BrN3S. The molecule has 0 aliphatic heterocycles. The van der Waals surface area contributed by atoms with Crippen molar-refractivity contribution >= 4 is 27.3 Å². The van der Waals surface area contributed by atoms with Crippen molar-refractivity contribution in [3.8, 4) is 10.6 Å². The van der Waals surface area contributed by atoms with Crippen LogP contribution in [0.3, 0.4) is 0 Å². The van der Waals surface area contributed by atoms with Gasteiger partial charge in [-0.05, 0) is 33.6 Å². The normalized spacial score (nSPS) is 12.5. The number of hydrogen-bond donors (Lipinski definition) is 2. The molecule has 3 rings (SSSR count). The number of thiophene rings is 1.